The van der Waals surface area contributed by atoms with Crippen molar-refractivity contribution in [2.75, 3.05) is 0 Å². The summed E-state index contributed by atoms with van der Waals surface area (Å²) in [5.74, 6) is 0.892. The van der Waals surface area contributed by atoms with Gasteiger partial charge < -0.3 is 4.52 Å². The van der Waals surface area contributed by atoms with Gasteiger partial charge in [-0.05, 0) is 26.3 Å². The molecule has 0 spiro atoms. The third-order valence-corrected chi connectivity index (χ3v) is 5.35. The van der Waals surface area contributed by atoms with Crippen molar-refractivity contribution in [2.24, 2.45) is 0 Å². The van der Waals surface area contributed by atoms with Gasteiger partial charge >= 0.3 is 0 Å². The number of rotatable bonds is 3. The molecule has 25 heavy (non-hydrogen) atoms. The predicted octanol–water partition coefficient (Wildman–Crippen LogP) is 3.48. The smallest absolute Gasteiger partial charge is 0.262 e. The van der Waals surface area contributed by atoms with E-state index in [1.807, 2.05) is 45.0 Å². The number of hydrogen-bond acceptors (Lipinski definition) is 6. The summed E-state index contributed by atoms with van der Waals surface area (Å²) in [6.45, 7) is 6.17. The molecule has 7 heteroatoms. The van der Waals surface area contributed by atoms with Gasteiger partial charge in [-0.15, -0.1) is 11.3 Å². The first-order valence-electron chi connectivity index (χ1n) is 7.87. The summed E-state index contributed by atoms with van der Waals surface area (Å²) in [6, 6.07) is 7.88. The van der Waals surface area contributed by atoms with Gasteiger partial charge in [0.2, 0.25) is 11.7 Å². The van der Waals surface area contributed by atoms with Crippen LogP contribution in [0.15, 0.2) is 39.9 Å². The Morgan fingerprint density at radius 2 is 1.92 bits per heavy atom. The molecule has 0 atom stereocenters. The number of hydrogen-bond donors (Lipinski definition) is 0. The molecular formula is C18H16N4O2S. The maximum absolute atomic E-state index is 12.7. The number of aromatic nitrogens is 4. The second kappa shape index (κ2) is 5.93. The first-order chi connectivity index (χ1) is 12.0. The fourth-order valence-electron chi connectivity index (χ4n) is 2.67. The zero-order valence-corrected chi connectivity index (χ0v) is 14.9. The third kappa shape index (κ3) is 2.76. The van der Waals surface area contributed by atoms with Gasteiger partial charge in [0.1, 0.15) is 11.4 Å². The number of benzene rings is 1. The molecule has 0 fully saturated rings. The van der Waals surface area contributed by atoms with Gasteiger partial charge in [0.15, 0.2) is 0 Å². The molecule has 126 valence electrons. The van der Waals surface area contributed by atoms with E-state index in [2.05, 4.69) is 15.1 Å². The van der Waals surface area contributed by atoms with E-state index in [1.165, 1.54) is 27.8 Å². The average Bonchev–Trinajstić information content (AvgIpc) is 3.17. The second-order valence-electron chi connectivity index (χ2n) is 6.02. The summed E-state index contributed by atoms with van der Waals surface area (Å²) in [5.41, 5.74) is 2.95. The van der Waals surface area contributed by atoms with Gasteiger partial charge in [0.05, 0.1) is 11.7 Å². The maximum atomic E-state index is 12.7. The number of fused-ring (bicyclic) bond motifs is 1. The van der Waals surface area contributed by atoms with Crippen LogP contribution in [0.2, 0.25) is 0 Å². The van der Waals surface area contributed by atoms with Crippen LogP contribution in [-0.2, 0) is 6.54 Å². The predicted molar refractivity (Wildman–Crippen MR) is 96.9 cm³/mol. The van der Waals surface area contributed by atoms with E-state index in [9.17, 15) is 4.79 Å². The van der Waals surface area contributed by atoms with Crippen LogP contribution in [0.3, 0.4) is 0 Å². The Labute approximate surface area is 147 Å². The first-order valence-corrected chi connectivity index (χ1v) is 8.69. The highest BCUT2D eigenvalue weighted by molar-refractivity contribution is 7.18. The monoisotopic (exact) mass is 352 g/mol. The molecule has 6 nitrogen and oxygen atoms in total. The van der Waals surface area contributed by atoms with Crippen LogP contribution >= 0.6 is 11.3 Å². The summed E-state index contributed by atoms with van der Waals surface area (Å²) < 4.78 is 6.82. The zero-order chi connectivity index (χ0) is 17.6. The quantitative estimate of drug-likeness (QED) is 0.564. The van der Waals surface area contributed by atoms with Crippen LogP contribution in [-0.4, -0.2) is 19.7 Å². The molecule has 0 aliphatic rings. The van der Waals surface area contributed by atoms with Crippen molar-refractivity contribution in [2.45, 2.75) is 27.3 Å². The molecule has 0 N–H and O–H groups in total. The highest BCUT2D eigenvalue weighted by Gasteiger charge is 2.14. The molecule has 0 aliphatic heterocycles. The summed E-state index contributed by atoms with van der Waals surface area (Å²) in [6.07, 6.45) is 1.54. The van der Waals surface area contributed by atoms with Crippen LogP contribution in [0.25, 0.3) is 21.6 Å². The lowest BCUT2D eigenvalue weighted by atomic mass is 10.1. The molecule has 1 aromatic carbocycles. The minimum Gasteiger partial charge on any atom is -0.337 e. The molecule has 0 unspecified atom stereocenters. The van der Waals surface area contributed by atoms with Crippen molar-refractivity contribution in [1.29, 1.82) is 0 Å². The van der Waals surface area contributed by atoms with E-state index in [-0.39, 0.29) is 12.1 Å². The van der Waals surface area contributed by atoms with E-state index in [4.69, 9.17) is 4.52 Å². The molecule has 0 saturated heterocycles. The van der Waals surface area contributed by atoms with Crippen LogP contribution in [0.4, 0.5) is 0 Å². The minimum absolute atomic E-state index is 0.0815. The van der Waals surface area contributed by atoms with Crippen LogP contribution < -0.4 is 5.56 Å². The Balaban J connectivity index is 1.68. The van der Waals surface area contributed by atoms with Gasteiger partial charge in [-0.1, -0.05) is 35.0 Å². The average molecular weight is 352 g/mol. The minimum atomic E-state index is -0.0815. The maximum Gasteiger partial charge on any atom is 0.262 e. The Hall–Kier alpha value is -2.80. The van der Waals surface area contributed by atoms with Crippen molar-refractivity contribution in [3.05, 3.63) is 62.8 Å². The lowest BCUT2D eigenvalue weighted by Gasteiger charge is -2.01. The molecular weight excluding hydrogens is 336 g/mol. The van der Waals surface area contributed by atoms with E-state index in [0.29, 0.717) is 17.1 Å². The van der Waals surface area contributed by atoms with Crippen molar-refractivity contribution in [3.63, 3.8) is 0 Å². The summed E-state index contributed by atoms with van der Waals surface area (Å²) in [4.78, 5) is 23.4. The van der Waals surface area contributed by atoms with E-state index < -0.39 is 0 Å². The van der Waals surface area contributed by atoms with Crippen LogP contribution in [0.1, 0.15) is 21.9 Å². The lowest BCUT2D eigenvalue weighted by molar-refractivity contribution is 0.369. The van der Waals surface area contributed by atoms with Gasteiger partial charge in [-0.3, -0.25) is 9.36 Å². The Morgan fingerprint density at radius 3 is 2.68 bits per heavy atom. The summed E-state index contributed by atoms with van der Waals surface area (Å²) in [5, 5.41) is 4.68. The summed E-state index contributed by atoms with van der Waals surface area (Å²) in [7, 11) is 0. The van der Waals surface area contributed by atoms with Gasteiger partial charge in [0.25, 0.3) is 5.56 Å². The molecule has 0 saturated carbocycles. The highest BCUT2D eigenvalue weighted by atomic mass is 32.1. The molecule has 3 heterocycles. The molecule has 4 aromatic rings. The van der Waals surface area contributed by atoms with E-state index >= 15 is 0 Å². The molecule has 3 aromatic heterocycles. The second-order valence-corrected chi connectivity index (χ2v) is 7.22. The molecule has 0 radical (unpaired) electrons. The number of thiophene rings is 1. The van der Waals surface area contributed by atoms with Crippen molar-refractivity contribution >= 4 is 21.6 Å². The normalized spacial score (nSPS) is 11.3. The fraction of sp³-hybridized carbons (Fsp3) is 0.222. The topological polar surface area (TPSA) is 73.8 Å². The van der Waals surface area contributed by atoms with Crippen molar-refractivity contribution in [1.82, 2.24) is 19.7 Å². The zero-order valence-electron chi connectivity index (χ0n) is 14.1. The Kier molecular flexibility index (Phi) is 3.73. The van der Waals surface area contributed by atoms with Crippen molar-refractivity contribution < 1.29 is 4.52 Å². The number of nitrogens with zero attached hydrogens (tertiary/aromatic N) is 4. The van der Waals surface area contributed by atoms with E-state index in [0.717, 1.165) is 20.8 Å². The standard InChI is InChI=1S/C18H16N4O2S/c1-10-4-6-13(7-5-10)16-20-14(24-21-16)8-22-9-19-17-15(18(22)23)11(2)12(3)25-17/h4-7,9H,8H2,1-3H3. The van der Waals surface area contributed by atoms with Crippen LogP contribution in [0.5, 0.6) is 0 Å². The summed E-state index contributed by atoms with van der Waals surface area (Å²) >= 11 is 1.53. The van der Waals surface area contributed by atoms with Crippen molar-refractivity contribution in [3.8, 4) is 11.4 Å². The van der Waals surface area contributed by atoms with Gasteiger partial charge in [0, 0.05) is 10.4 Å². The molecule has 0 bridgehead atoms. The SMILES string of the molecule is Cc1ccc(-c2noc(Cn3cnc4sc(C)c(C)c4c3=O)n2)cc1. The first kappa shape index (κ1) is 15.7. The fourth-order valence-corrected chi connectivity index (χ4v) is 3.65. The highest BCUT2D eigenvalue weighted by Crippen LogP contribution is 2.25. The van der Waals surface area contributed by atoms with Gasteiger partial charge in [-0.25, -0.2) is 4.98 Å². The largest absolute Gasteiger partial charge is 0.337 e. The third-order valence-electron chi connectivity index (χ3n) is 4.24. The lowest BCUT2D eigenvalue weighted by Crippen LogP contribution is -2.21. The molecule has 0 amide bonds. The van der Waals surface area contributed by atoms with E-state index in [1.54, 1.807) is 0 Å². The molecule has 4 rings (SSSR count). The van der Waals surface area contributed by atoms with Gasteiger partial charge in [-0.2, -0.15) is 4.98 Å². The Morgan fingerprint density at radius 1 is 1.16 bits per heavy atom. The number of aryl methyl sites for hydroxylation is 3. The molecule has 0 aliphatic carbocycles. The van der Waals surface area contributed by atoms with Crippen LogP contribution in [0, 0.1) is 20.8 Å². The Bertz CT molecular complexity index is 1120.